The molecule has 1 atom stereocenters. The van der Waals surface area contributed by atoms with Crippen molar-refractivity contribution in [2.24, 2.45) is 5.92 Å². The Kier molecular flexibility index (Phi) is 9.08. The molecule has 1 heterocycles. The highest BCUT2D eigenvalue weighted by atomic mass is 19.1. The summed E-state index contributed by atoms with van der Waals surface area (Å²) in [4.78, 5) is 4.93. The summed E-state index contributed by atoms with van der Waals surface area (Å²) in [5, 5.41) is 10.1. The smallest absolute Gasteiger partial charge is 0.123 e. The molecule has 0 bridgehead atoms. The van der Waals surface area contributed by atoms with Crippen molar-refractivity contribution in [3.05, 3.63) is 66.0 Å². The summed E-state index contributed by atoms with van der Waals surface area (Å²) in [6.07, 6.45) is 2.83. The fourth-order valence-electron chi connectivity index (χ4n) is 4.65. The van der Waals surface area contributed by atoms with Crippen molar-refractivity contribution >= 4 is 0 Å². The summed E-state index contributed by atoms with van der Waals surface area (Å²) in [6.45, 7) is 11.1. The van der Waals surface area contributed by atoms with Crippen LogP contribution in [0.15, 0.2) is 54.6 Å². The monoisotopic (exact) mass is 437 g/mol. The first-order chi connectivity index (χ1) is 15.5. The molecule has 0 spiro atoms. The molecule has 1 aliphatic heterocycles. The van der Waals surface area contributed by atoms with Crippen LogP contribution >= 0.6 is 0 Å². The second-order valence-electron chi connectivity index (χ2n) is 9.25. The van der Waals surface area contributed by atoms with Crippen molar-refractivity contribution in [2.75, 3.05) is 45.9 Å². The molecule has 0 saturated carbocycles. The molecule has 172 valence electrons. The van der Waals surface area contributed by atoms with Crippen LogP contribution in [0.25, 0.3) is 0 Å². The highest BCUT2D eigenvalue weighted by Crippen LogP contribution is 2.35. The number of hydrogen-bond donors (Lipinski definition) is 0. The van der Waals surface area contributed by atoms with E-state index in [1.54, 1.807) is 12.1 Å². The maximum absolute atomic E-state index is 13.0. The third kappa shape index (κ3) is 7.05. The quantitative estimate of drug-likeness (QED) is 0.490. The van der Waals surface area contributed by atoms with Gasteiger partial charge in [-0.15, -0.1) is 0 Å². The minimum atomic E-state index is -0.394. The lowest BCUT2D eigenvalue weighted by Crippen LogP contribution is -2.47. The topological polar surface area (TPSA) is 39.5 Å². The van der Waals surface area contributed by atoms with Crippen LogP contribution in [0.4, 0.5) is 4.39 Å². The highest BCUT2D eigenvalue weighted by molar-refractivity contribution is 5.32. The molecular weight excluding hydrogens is 401 g/mol. The average Bonchev–Trinajstić information content (AvgIpc) is 2.81. The van der Waals surface area contributed by atoms with Gasteiger partial charge in [0.15, 0.2) is 0 Å². The van der Waals surface area contributed by atoms with Gasteiger partial charge in [0.1, 0.15) is 18.2 Å². The predicted molar refractivity (Wildman–Crippen MR) is 127 cm³/mol. The Labute approximate surface area is 192 Å². The van der Waals surface area contributed by atoms with Crippen molar-refractivity contribution in [1.82, 2.24) is 9.80 Å². The van der Waals surface area contributed by atoms with E-state index in [1.165, 1.54) is 12.1 Å². The van der Waals surface area contributed by atoms with Gasteiger partial charge >= 0.3 is 0 Å². The summed E-state index contributed by atoms with van der Waals surface area (Å²) in [5.41, 5.74) is 0.761. The zero-order valence-electron chi connectivity index (χ0n) is 19.5. The van der Waals surface area contributed by atoms with Gasteiger partial charge in [-0.2, -0.15) is 5.26 Å². The van der Waals surface area contributed by atoms with Gasteiger partial charge in [0.2, 0.25) is 0 Å². The van der Waals surface area contributed by atoms with Crippen LogP contribution in [0.1, 0.15) is 38.7 Å². The van der Waals surface area contributed by atoms with Gasteiger partial charge in [0.05, 0.1) is 11.5 Å². The maximum Gasteiger partial charge on any atom is 0.123 e. The van der Waals surface area contributed by atoms with Crippen molar-refractivity contribution in [3.8, 4) is 11.8 Å². The Hall–Kier alpha value is -2.42. The molecule has 0 radical (unpaired) electrons. The molecule has 1 aliphatic rings. The summed E-state index contributed by atoms with van der Waals surface area (Å²) in [7, 11) is 0. The number of halogens is 1. The van der Waals surface area contributed by atoms with Crippen molar-refractivity contribution in [2.45, 2.75) is 38.5 Å². The van der Waals surface area contributed by atoms with E-state index < -0.39 is 5.41 Å². The highest BCUT2D eigenvalue weighted by Gasteiger charge is 2.33. The third-order valence-corrected chi connectivity index (χ3v) is 6.33. The van der Waals surface area contributed by atoms with Gasteiger partial charge < -0.3 is 9.64 Å². The molecule has 32 heavy (non-hydrogen) atoms. The first-order valence-corrected chi connectivity index (χ1v) is 11.8. The van der Waals surface area contributed by atoms with Crippen LogP contribution in [0.2, 0.25) is 0 Å². The molecule has 4 nitrogen and oxygen atoms in total. The zero-order chi connectivity index (χ0) is 22.8. The molecule has 1 fully saturated rings. The Balaban J connectivity index is 1.40. The van der Waals surface area contributed by atoms with E-state index in [2.05, 4.69) is 41.8 Å². The Bertz CT molecular complexity index is 841. The summed E-state index contributed by atoms with van der Waals surface area (Å²) in [5.74, 6) is 0.954. The second kappa shape index (κ2) is 12.0. The number of nitriles is 1. The number of benzene rings is 2. The van der Waals surface area contributed by atoms with Gasteiger partial charge in [-0.1, -0.05) is 44.2 Å². The second-order valence-corrected chi connectivity index (χ2v) is 9.25. The van der Waals surface area contributed by atoms with E-state index >= 15 is 0 Å². The fourth-order valence-corrected chi connectivity index (χ4v) is 4.65. The fraction of sp³-hybridized carbons (Fsp3) is 0.519. The molecule has 2 aromatic rings. The molecule has 0 aromatic heterocycles. The zero-order valence-corrected chi connectivity index (χ0v) is 19.5. The van der Waals surface area contributed by atoms with Gasteiger partial charge in [0, 0.05) is 32.7 Å². The number of nitrogens with zero attached hydrogens (tertiary/aromatic N) is 3. The molecule has 1 unspecified atom stereocenters. The molecule has 0 N–H and O–H groups in total. The number of rotatable bonds is 11. The van der Waals surface area contributed by atoms with Crippen molar-refractivity contribution < 1.29 is 9.13 Å². The Morgan fingerprint density at radius 1 is 0.969 bits per heavy atom. The van der Waals surface area contributed by atoms with E-state index in [0.717, 1.165) is 64.1 Å². The molecule has 1 saturated heterocycles. The van der Waals surface area contributed by atoms with Crippen LogP contribution in [0.3, 0.4) is 0 Å². The van der Waals surface area contributed by atoms with E-state index in [-0.39, 0.29) is 5.82 Å². The largest absolute Gasteiger partial charge is 0.492 e. The van der Waals surface area contributed by atoms with Crippen molar-refractivity contribution in [3.63, 3.8) is 0 Å². The molecule has 2 aromatic carbocycles. The molecular formula is C27H36FN3O. The van der Waals surface area contributed by atoms with Crippen LogP contribution in [-0.2, 0) is 5.41 Å². The van der Waals surface area contributed by atoms with Crippen LogP contribution in [-0.4, -0.2) is 55.7 Å². The van der Waals surface area contributed by atoms with Gasteiger partial charge in [-0.3, -0.25) is 4.90 Å². The standard InChI is InChI=1S/C27H36FN3O/c1-23(2)21-27(22-29,24-7-4-3-5-8-24)13-6-14-30-15-17-31(18-16-30)19-20-32-26-11-9-25(28)10-12-26/h3-5,7-12,23H,6,13-21H2,1-2H3. The molecule has 0 aliphatic carbocycles. The van der Waals surface area contributed by atoms with Gasteiger partial charge in [-0.25, -0.2) is 4.39 Å². The minimum absolute atomic E-state index is 0.242. The first-order valence-electron chi connectivity index (χ1n) is 11.8. The summed E-state index contributed by atoms with van der Waals surface area (Å²) >= 11 is 0. The molecule has 0 amide bonds. The Morgan fingerprint density at radius 3 is 2.19 bits per heavy atom. The van der Waals surface area contributed by atoms with E-state index in [0.29, 0.717) is 18.3 Å². The Morgan fingerprint density at radius 2 is 1.59 bits per heavy atom. The lowest BCUT2D eigenvalue weighted by Gasteiger charge is -2.35. The number of hydrogen-bond acceptors (Lipinski definition) is 4. The first kappa shape index (κ1) is 24.2. The van der Waals surface area contributed by atoms with Crippen molar-refractivity contribution in [1.29, 1.82) is 5.26 Å². The van der Waals surface area contributed by atoms with Crippen LogP contribution < -0.4 is 4.74 Å². The van der Waals surface area contributed by atoms with Crippen LogP contribution in [0.5, 0.6) is 5.75 Å². The van der Waals surface area contributed by atoms with Crippen LogP contribution in [0, 0.1) is 23.1 Å². The van der Waals surface area contributed by atoms with E-state index in [4.69, 9.17) is 4.74 Å². The van der Waals surface area contributed by atoms with E-state index in [1.807, 2.05) is 18.2 Å². The minimum Gasteiger partial charge on any atom is -0.492 e. The van der Waals surface area contributed by atoms with E-state index in [9.17, 15) is 9.65 Å². The van der Waals surface area contributed by atoms with Gasteiger partial charge in [0.25, 0.3) is 0 Å². The number of piperazine rings is 1. The molecule has 5 heteroatoms. The summed E-state index contributed by atoms with van der Waals surface area (Å²) < 4.78 is 18.7. The molecule has 3 rings (SSSR count). The lowest BCUT2D eigenvalue weighted by atomic mass is 9.72. The summed E-state index contributed by atoms with van der Waals surface area (Å²) in [6, 6.07) is 19.2. The predicted octanol–water partition coefficient (Wildman–Crippen LogP) is 5.11. The average molecular weight is 438 g/mol. The SMILES string of the molecule is CC(C)CC(C#N)(CCCN1CCN(CCOc2ccc(F)cc2)CC1)c1ccccc1. The van der Waals surface area contributed by atoms with Gasteiger partial charge in [-0.05, 0) is 61.6 Å². The normalized spacial score (nSPS) is 17.1. The third-order valence-electron chi connectivity index (χ3n) is 6.33. The lowest BCUT2D eigenvalue weighted by molar-refractivity contribution is 0.114. The number of ether oxygens (including phenoxy) is 1. The maximum atomic E-state index is 13.0.